The molecule has 0 aliphatic heterocycles. The highest BCUT2D eigenvalue weighted by Gasteiger charge is 2.05. The first-order valence-electron chi connectivity index (χ1n) is 2.69. The van der Waals surface area contributed by atoms with Crippen LogP contribution in [0.4, 0.5) is 0 Å². The predicted molar refractivity (Wildman–Crippen MR) is 55.9 cm³/mol. The fourth-order valence-corrected chi connectivity index (χ4v) is 11.5. The number of hydrogen-bond acceptors (Lipinski definition) is 0. The average Bonchev–Trinajstić information content (AvgIpc) is 1.63. The van der Waals surface area contributed by atoms with Gasteiger partial charge in [0.25, 0.3) is 0 Å². The average molecular weight is 258 g/mol. The lowest BCUT2D eigenvalue weighted by atomic mass is 11.8. The van der Waals surface area contributed by atoms with Crippen LogP contribution < -0.4 is 0 Å². The Bertz CT molecular complexity index is 58.8. The summed E-state index contributed by atoms with van der Waals surface area (Å²) in [5, 5.41) is 0. The van der Waals surface area contributed by atoms with Gasteiger partial charge in [-0.1, -0.05) is 0 Å². The Labute approximate surface area is 79.7 Å². The van der Waals surface area contributed by atoms with Crippen molar-refractivity contribution in [2.75, 3.05) is 0 Å². The highest BCUT2D eigenvalue weighted by molar-refractivity contribution is 7.37. The fraction of sp³-hybridized carbons (Fsp3) is 1.00. The monoisotopic (exact) mass is 256 g/mol. The summed E-state index contributed by atoms with van der Waals surface area (Å²) >= 11 is 22.5. The molecule has 0 spiro atoms. The van der Waals surface area contributed by atoms with E-state index in [1.165, 1.54) is 0 Å². The van der Waals surface area contributed by atoms with Gasteiger partial charge in [-0.05, 0) is 11.3 Å². The SMILES string of the molecule is Cl[SiH](Cl)C[SiH2]C[SiH](Cl)Cl. The Morgan fingerprint density at radius 3 is 1.44 bits per heavy atom. The molecule has 0 rings (SSSR count). The molecule has 0 aliphatic carbocycles. The zero-order valence-electron chi connectivity index (χ0n) is 4.79. The van der Waals surface area contributed by atoms with Gasteiger partial charge >= 0.3 is 0 Å². The first kappa shape index (κ1) is 10.8. The standard InChI is InChI=1S/C2H8Cl4Si3/c3-8(4)1-7-2-9(5)6/h8-9H,1-2,7H2. The van der Waals surface area contributed by atoms with Crippen molar-refractivity contribution < 1.29 is 0 Å². The van der Waals surface area contributed by atoms with Gasteiger partial charge in [0.1, 0.15) is 0 Å². The Kier molecular flexibility index (Phi) is 7.83. The van der Waals surface area contributed by atoms with Gasteiger partial charge in [-0.3, -0.25) is 0 Å². The molecule has 0 N–H and O–H groups in total. The van der Waals surface area contributed by atoms with Crippen LogP contribution in [0.15, 0.2) is 0 Å². The van der Waals surface area contributed by atoms with Crippen molar-refractivity contribution in [3.8, 4) is 0 Å². The molecule has 0 radical (unpaired) electrons. The third-order valence-corrected chi connectivity index (χ3v) is 15.5. The largest absolute Gasteiger partial charge is 0.234 e. The predicted octanol–water partition coefficient (Wildman–Crippen LogP) is 1.47. The van der Waals surface area contributed by atoms with E-state index in [1.807, 2.05) is 0 Å². The molecule has 0 nitrogen and oxygen atoms in total. The minimum absolute atomic E-state index is 0.0880. The molecule has 0 fully saturated rings. The molecular formula is C2H8Cl4Si3. The molecule has 56 valence electrons. The van der Waals surface area contributed by atoms with E-state index in [0.29, 0.717) is 0 Å². The molecule has 0 unspecified atom stereocenters. The normalized spacial score (nSPS) is 11.3. The van der Waals surface area contributed by atoms with Crippen molar-refractivity contribution in [2.45, 2.75) is 11.3 Å². The Morgan fingerprint density at radius 2 is 1.22 bits per heavy atom. The minimum atomic E-state index is -1.32. The minimum Gasteiger partial charge on any atom is -0.151 e. The Balaban J connectivity index is 2.91. The first-order valence-corrected chi connectivity index (χ1v) is 13.3. The fourth-order valence-electron chi connectivity index (χ4n) is 0.426. The van der Waals surface area contributed by atoms with Crippen LogP contribution in [-0.2, 0) is 0 Å². The van der Waals surface area contributed by atoms with Gasteiger partial charge in [0.15, 0.2) is 0 Å². The molecule has 0 bridgehead atoms. The molecule has 0 amide bonds. The molecule has 0 aromatic rings. The molecule has 0 saturated carbocycles. The van der Waals surface area contributed by atoms with E-state index in [4.69, 9.17) is 44.3 Å². The molecule has 0 aliphatic rings. The highest BCUT2D eigenvalue weighted by atomic mass is 35.7. The lowest BCUT2D eigenvalue weighted by Crippen LogP contribution is -2.05. The topological polar surface area (TPSA) is 0 Å². The first-order chi connectivity index (χ1) is 4.13. The molecule has 0 atom stereocenters. The molecule has 0 aromatic heterocycles. The zero-order chi connectivity index (χ0) is 7.28. The van der Waals surface area contributed by atoms with Crippen LogP contribution in [0.25, 0.3) is 0 Å². The summed E-state index contributed by atoms with van der Waals surface area (Å²) in [5.74, 6) is 0. The lowest BCUT2D eigenvalue weighted by molar-refractivity contribution is 1.88. The Morgan fingerprint density at radius 1 is 0.889 bits per heavy atom. The van der Waals surface area contributed by atoms with Crippen LogP contribution in [0.1, 0.15) is 0 Å². The number of rotatable bonds is 4. The highest BCUT2D eigenvalue weighted by Crippen LogP contribution is 2.06. The van der Waals surface area contributed by atoms with E-state index in [2.05, 4.69) is 0 Å². The second-order valence-corrected chi connectivity index (χ2v) is 16.3. The summed E-state index contributed by atoms with van der Waals surface area (Å²) in [7, 11) is -2.72. The second-order valence-electron chi connectivity index (χ2n) is 1.71. The molecule has 9 heavy (non-hydrogen) atoms. The van der Waals surface area contributed by atoms with Crippen molar-refractivity contribution in [1.29, 1.82) is 0 Å². The van der Waals surface area contributed by atoms with E-state index >= 15 is 0 Å². The third kappa shape index (κ3) is 9.81. The van der Waals surface area contributed by atoms with Crippen LogP contribution >= 0.6 is 44.3 Å². The smallest absolute Gasteiger partial charge is 0.151 e. The van der Waals surface area contributed by atoms with Gasteiger partial charge < -0.3 is 0 Å². The molecule has 0 aromatic carbocycles. The van der Waals surface area contributed by atoms with Gasteiger partial charge in [-0.15, -0.1) is 0 Å². The van der Waals surface area contributed by atoms with Crippen LogP contribution in [0.3, 0.4) is 0 Å². The lowest BCUT2D eigenvalue weighted by Gasteiger charge is -1.96. The van der Waals surface area contributed by atoms with E-state index in [9.17, 15) is 0 Å². The summed E-state index contributed by atoms with van der Waals surface area (Å²) in [6.45, 7) is 0. The second kappa shape index (κ2) is 6.52. The van der Waals surface area contributed by atoms with Crippen LogP contribution in [0, 0.1) is 0 Å². The third-order valence-electron chi connectivity index (χ3n) is 0.845. The summed E-state index contributed by atoms with van der Waals surface area (Å²) < 4.78 is 0. The van der Waals surface area contributed by atoms with Gasteiger partial charge in [-0.2, -0.15) is 44.3 Å². The van der Waals surface area contributed by atoms with Crippen LogP contribution in [0.2, 0.25) is 11.3 Å². The van der Waals surface area contributed by atoms with Crippen molar-refractivity contribution in [3.63, 3.8) is 0 Å². The van der Waals surface area contributed by atoms with Crippen LogP contribution in [-0.4, -0.2) is 24.4 Å². The zero-order valence-corrected chi connectivity index (χ0v) is 11.5. The van der Waals surface area contributed by atoms with Gasteiger partial charge in [0, 0.05) is 9.52 Å². The summed E-state index contributed by atoms with van der Waals surface area (Å²) in [4.78, 5) is 0. The van der Waals surface area contributed by atoms with E-state index in [0.717, 1.165) is 11.3 Å². The quantitative estimate of drug-likeness (QED) is 0.529. The molecule has 0 heterocycles. The maximum atomic E-state index is 5.63. The van der Waals surface area contributed by atoms with E-state index in [1.54, 1.807) is 0 Å². The number of halogens is 4. The molecule has 0 saturated heterocycles. The van der Waals surface area contributed by atoms with Gasteiger partial charge in [0.2, 0.25) is 14.8 Å². The van der Waals surface area contributed by atoms with Crippen molar-refractivity contribution >= 4 is 68.7 Å². The van der Waals surface area contributed by atoms with Crippen molar-refractivity contribution in [1.82, 2.24) is 0 Å². The van der Waals surface area contributed by atoms with E-state index in [-0.39, 0.29) is 9.52 Å². The van der Waals surface area contributed by atoms with Gasteiger partial charge in [0.05, 0.1) is 0 Å². The Hall–Kier alpha value is 1.81. The number of hydrogen-bond donors (Lipinski definition) is 0. The summed E-state index contributed by atoms with van der Waals surface area (Å²) in [5.41, 5.74) is 2.15. The summed E-state index contributed by atoms with van der Waals surface area (Å²) in [6, 6.07) is 0. The summed E-state index contributed by atoms with van der Waals surface area (Å²) in [6.07, 6.45) is 0. The maximum Gasteiger partial charge on any atom is 0.234 e. The van der Waals surface area contributed by atoms with Gasteiger partial charge in [-0.25, -0.2) is 0 Å². The maximum absolute atomic E-state index is 5.63. The van der Waals surface area contributed by atoms with Crippen LogP contribution in [0.5, 0.6) is 0 Å². The molecular weight excluding hydrogens is 250 g/mol. The van der Waals surface area contributed by atoms with E-state index < -0.39 is 14.8 Å². The van der Waals surface area contributed by atoms with Crippen molar-refractivity contribution in [2.24, 2.45) is 0 Å². The van der Waals surface area contributed by atoms with Crippen molar-refractivity contribution in [3.05, 3.63) is 0 Å². The molecule has 7 heteroatoms.